The molecule has 0 saturated carbocycles. The molecule has 28 heavy (non-hydrogen) atoms. The average molecular weight is 391 g/mol. The second kappa shape index (κ2) is 14.4. The fourth-order valence-electron chi connectivity index (χ4n) is 4.50. The first kappa shape index (κ1) is 25.5. The predicted molar refractivity (Wildman–Crippen MR) is 126 cm³/mol. The first-order valence-electron chi connectivity index (χ1n) is 12.4. The van der Waals surface area contributed by atoms with Crippen molar-refractivity contribution in [1.82, 2.24) is 0 Å². The number of unbranched alkanes of at least 4 members (excludes halogenated alkanes) is 2. The lowest BCUT2D eigenvalue weighted by atomic mass is 9.78. The molecule has 0 fully saturated rings. The molecule has 0 heterocycles. The zero-order chi connectivity index (χ0) is 20.9. The van der Waals surface area contributed by atoms with Crippen molar-refractivity contribution in [2.75, 3.05) is 0 Å². The number of hydrogen-bond donors (Lipinski definition) is 1. The van der Waals surface area contributed by atoms with Crippen molar-refractivity contribution < 1.29 is 5.11 Å². The molecule has 0 aromatic heterocycles. The number of aliphatic hydroxyl groups is 1. The van der Waals surface area contributed by atoms with Crippen LogP contribution in [0.25, 0.3) is 0 Å². The maximum absolute atomic E-state index is 10.2. The minimum absolute atomic E-state index is 0.222. The van der Waals surface area contributed by atoms with Crippen LogP contribution in [0.4, 0.5) is 0 Å². The highest BCUT2D eigenvalue weighted by Crippen LogP contribution is 2.32. The molecular weight excluding hydrogens is 340 g/mol. The quantitative estimate of drug-likeness (QED) is 0.233. The van der Waals surface area contributed by atoms with Crippen molar-refractivity contribution in [3.05, 3.63) is 23.3 Å². The van der Waals surface area contributed by atoms with Gasteiger partial charge in [-0.3, -0.25) is 0 Å². The zero-order valence-electron chi connectivity index (χ0n) is 20.0. The standard InChI is InChI=1S/C27H50O/c1-7-8-9-12-21(2)13-10-14-22(3)15-11-16-23(4)17-18-26-19-24(5)25(6)27(28)20-26/h12,20,22-25,27-28H,7-11,13-19H2,1-6H3/b21-12+. The maximum atomic E-state index is 10.2. The van der Waals surface area contributed by atoms with Gasteiger partial charge in [-0.2, -0.15) is 0 Å². The molecule has 1 aliphatic carbocycles. The van der Waals surface area contributed by atoms with E-state index in [2.05, 4.69) is 53.7 Å². The molecule has 0 aromatic rings. The van der Waals surface area contributed by atoms with Crippen LogP contribution in [0, 0.1) is 23.7 Å². The Bertz CT molecular complexity index is 461. The van der Waals surface area contributed by atoms with Crippen LogP contribution in [0.3, 0.4) is 0 Å². The van der Waals surface area contributed by atoms with Crippen molar-refractivity contribution in [2.24, 2.45) is 23.7 Å². The van der Waals surface area contributed by atoms with Gasteiger partial charge in [0.05, 0.1) is 6.10 Å². The molecule has 1 aliphatic rings. The van der Waals surface area contributed by atoms with E-state index in [9.17, 15) is 5.11 Å². The van der Waals surface area contributed by atoms with E-state index in [1.807, 2.05) is 0 Å². The minimum Gasteiger partial charge on any atom is -0.389 e. The van der Waals surface area contributed by atoms with Gasteiger partial charge in [-0.05, 0) is 69.1 Å². The van der Waals surface area contributed by atoms with Crippen LogP contribution in [0.5, 0.6) is 0 Å². The first-order chi connectivity index (χ1) is 13.3. The van der Waals surface area contributed by atoms with E-state index in [1.54, 1.807) is 5.57 Å². The molecule has 5 unspecified atom stereocenters. The van der Waals surface area contributed by atoms with Gasteiger partial charge >= 0.3 is 0 Å². The Labute approximate surface area is 177 Å². The summed E-state index contributed by atoms with van der Waals surface area (Å²) in [5.41, 5.74) is 3.10. The number of allylic oxidation sites excluding steroid dienone is 3. The predicted octanol–water partition coefficient (Wildman–Crippen LogP) is 8.48. The fourth-order valence-corrected chi connectivity index (χ4v) is 4.50. The summed E-state index contributed by atoms with van der Waals surface area (Å²) >= 11 is 0. The zero-order valence-corrected chi connectivity index (χ0v) is 20.0. The number of aliphatic hydroxyl groups excluding tert-OH is 1. The fraction of sp³-hybridized carbons (Fsp3) is 0.852. The summed E-state index contributed by atoms with van der Waals surface area (Å²) in [5, 5.41) is 10.2. The van der Waals surface area contributed by atoms with Crippen molar-refractivity contribution in [2.45, 2.75) is 125 Å². The average Bonchev–Trinajstić information content (AvgIpc) is 2.64. The molecule has 0 saturated heterocycles. The molecule has 0 spiro atoms. The van der Waals surface area contributed by atoms with Gasteiger partial charge in [0.25, 0.3) is 0 Å². The molecule has 1 nitrogen and oxygen atoms in total. The van der Waals surface area contributed by atoms with Gasteiger partial charge in [-0.15, -0.1) is 0 Å². The van der Waals surface area contributed by atoms with Gasteiger partial charge in [0.15, 0.2) is 0 Å². The van der Waals surface area contributed by atoms with E-state index >= 15 is 0 Å². The molecule has 0 aliphatic heterocycles. The lowest BCUT2D eigenvalue weighted by molar-refractivity contribution is 0.116. The number of rotatable bonds is 14. The van der Waals surface area contributed by atoms with E-state index in [4.69, 9.17) is 0 Å². The van der Waals surface area contributed by atoms with E-state index in [0.29, 0.717) is 11.8 Å². The van der Waals surface area contributed by atoms with Crippen LogP contribution in [-0.4, -0.2) is 11.2 Å². The lowest BCUT2D eigenvalue weighted by Gasteiger charge is -2.30. The highest BCUT2D eigenvalue weighted by molar-refractivity contribution is 5.11. The van der Waals surface area contributed by atoms with Crippen LogP contribution in [-0.2, 0) is 0 Å². The van der Waals surface area contributed by atoms with Crippen LogP contribution in [0.1, 0.15) is 119 Å². The Morgan fingerprint density at radius 2 is 1.71 bits per heavy atom. The second-order valence-electron chi connectivity index (χ2n) is 10.1. The Morgan fingerprint density at radius 1 is 1.07 bits per heavy atom. The summed E-state index contributed by atoms with van der Waals surface area (Å²) in [5.74, 6) is 2.72. The first-order valence-corrected chi connectivity index (χ1v) is 12.4. The van der Waals surface area contributed by atoms with Crippen LogP contribution >= 0.6 is 0 Å². The van der Waals surface area contributed by atoms with Crippen LogP contribution < -0.4 is 0 Å². The summed E-state index contributed by atoms with van der Waals surface area (Å²) in [6.07, 6.45) is 20.1. The molecule has 164 valence electrons. The third kappa shape index (κ3) is 10.8. The van der Waals surface area contributed by atoms with Crippen LogP contribution in [0.2, 0.25) is 0 Å². The summed E-state index contributed by atoms with van der Waals surface area (Å²) in [4.78, 5) is 0. The molecule has 0 bridgehead atoms. The Kier molecular flexibility index (Phi) is 13.1. The normalized spacial score (nSPS) is 25.5. The van der Waals surface area contributed by atoms with Crippen LogP contribution in [0.15, 0.2) is 23.3 Å². The topological polar surface area (TPSA) is 20.2 Å². The summed E-state index contributed by atoms with van der Waals surface area (Å²) in [6.45, 7) is 13.9. The summed E-state index contributed by atoms with van der Waals surface area (Å²) in [6, 6.07) is 0. The molecule has 0 radical (unpaired) electrons. The third-order valence-electron chi connectivity index (χ3n) is 7.10. The largest absolute Gasteiger partial charge is 0.389 e. The number of hydrogen-bond acceptors (Lipinski definition) is 1. The highest BCUT2D eigenvalue weighted by Gasteiger charge is 2.25. The summed E-state index contributed by atoms with van der Waals surface area (Å²) < 4.78 is 0. The van der Waals surface area contributed by atoms with Gasteiger partial charge < -0.3 is 5.11 Å². The van der Waals surface area contributed by atoms with Gasteiger partial charge in [-0.1, -0.05) is 96.4 Å². The molecule has 1 heteroatoms. The second-order valence-corrected chi connectivity index (χ2v) is 10.1. The molecule has 0 amide bonds. The van der Waals surface area contributed by atoms with E-state index < -0.39 is 0 Å². The smallest absolute Gasteiger partial charge is 0.0751 e. The third-order valence-corrected chi connectivity index (χ3v) is 7.10. The van der Waals surface area contributed by atoms with E-state index in [1.165, 1.54) is 82.6 Å². The minimum atomic E-state index is -0.222. The summed E-state index contributed by atoms with van der Waals surface area (Å²) in [7, 11) is 0. The Hall–Kier alpha value is -0.560. The monoisotopic (exact) mass is 390 g/mol. The van der Waals surface area contributed by atoms with Gasteiger partial charge in [-0.25, -0.2) is 0 Å². The Morgan fingerprint density at radius 3 is 2.36 bits per heavy atom. The van der Waals surface area contributed by atoms with Crippen molar-refractivity contribution >= 4 is 0 Å². The molecule has 1 N–H and O–H groups in total. The molecule has 5 atom stereocenters. The molecule has 0 aromatic carbocycles. The SMILES string of the molecule is CCCC/C=C(\C)CCCC(C)CCCC(C)CCC1=CC(O)C(C)C(C)C1. The molecular formula is C27H50O. The van der Waals surface area contributed by atoms with Gasteiger partial charge in [0, 0.05) is 0 Å². The van der Waals surface area contributed by atoms with E-state index in [-0.39, 0.29) is 6.10 Å². The van der Waals surface area contributed by atoms with Crippen molar-refractivity contribution in [1.29, 1.82) is 0 Å². The van der Waals surface area contributed by atoms with Crippen molar-refractivity contribution in [3.63, 3.8) is 0 Å². The molecule has 1 rings (SSSR count). The lowest BCUT2D eigenvalue weighted by Crippen LogP contribution is -2.27. The Balaban J connectivity index is 2.11. The van der Waals surface area contributed by atoms with Crippen molar-refractivity contribution in [3.8, 4) is 0 Å². The van der Waals surface area contributed by atoms with E-state index in [0.717, 1.165) is 11.8 Å². The maximum Gasteiger partial charge on any atom is 0.0751 e. The highest BCUT2D eigenvalue weighted by atomic mass is 16.3. The van der Waals surface area contributed by atoms with Gasteiger partial charge in [0.1, 0.15) is 0 Å². The van der Waals surface area contributed by atoms with Gasteiger partial charge in [0.2, 0.25) is 0 Å².